The largest absolute Gasteiger partial charge is 0.462 e. The van der Waals surface area contributed by atoms with Gasteiger partial charge in [-0.25, -0.2) is 9.59 Å². The minimum absolute atomic E-state index is 0.0835. The van der Waals surface area contributed by atoms with Crippen LogP contribution in [0.2, 0.25) is 0 Å². The van der Waals surface area contributed by atoms with Gasteiger partial charge in [0.1, 0.15) is 13.2 Å². The second-order valence-corrected chi connectivity index (χ2v) is 7.35. The van der Waals surface area contributed by atoms with E-state index in [0.29, 0.717) is 12.8 Å². The highest BCUT2D eigenvalue weighted by Crippen LogP contribution is 2.11. The number of unbranched alkanes of at least 4 members (excludes halogenated alkanes) is 5. The number of esters is 4. The molecule has 2 atom stereocenters. The van der Waals surface area contributed by atoms with Gasteiger partial charge in [0.2, 0.25) is 0 Å². The number of halogens is 2. The standard InChI is InChI=1S/C20H32Cl2O8/c1-15(19(25)27-13-11-21)29-17(23)9-7-5-3-4-6-8-10-18(24)30-16(2)20(26)28-14-12-22/h15-16H,3-14H2,1-2H3/t15-,16-/m1/s1. The van der Waals surface area contributed by atoms with E-state index in [1.807, 2.05) is 0 Å². The molecular weight excluding hydrogens is 439 g/mol. The van der Waals surface area contributed by atoms with Crippen LogP contribution in [-0.2, 0) is 38.1 Å². The summed E-state index contributed by atoms with van der Waals surface area (Å²) in [6.45, 7) is 3.09. The molecule has 0 N–H and O–H groups in total. The Morgan fingerprint density at radius 2 is 0.967 bits per heavy atom. The maximum absolute atomic E-state index is 11.7. The lowest BCUT2D eigenvalue weighted by Gasteiger charge is -2.12. The molecule has 0 radical (unpaired) electrons. The van der Waals surface area contributed by atoms with Gasteiger partial charge >= 0.3 is 23.9 Å². The maximum Gasteiger partial charge on any atom is 0.347 e. The van der Waals surface area contributed by atoms with Crippen LogP contribution in [0.3, 0.4) is 0 Å². The molecule has 0 saturated heterocycles. The second kappa shape index (κ2) is 18.2. The van der Waals surface area contributed by atoms with E-state index in [4.69, 9.17) is 42.1 Å². The minimum Gasteiger partial charge on any atom is -0.462 e. The summed E-state index contributed by atoms with van der Waals surface area (Å²) in [4.78, 5) is 46.3. The van der Waals surface area contributed by atoms with Crippen LogP contribution in [-0.4, -0.2) is 61.1 Å². The van der Waals surface area contributed by atoms with Crippen molar-refractivity contribution in [3.8, 4) is 0 Å². The fraction of sp³-hybridized carbons (Fsp3) is 0.800. The molecule has 0 aromatic rings. The molecule has 0 rings (SSSR count). The number of hydrogen-bond donors (Lipinski definition) is 0. The van der Waals surface area contributed by atoms with E-state index in [2.05, 4.69) is 0 Å². The number of alkyl halides is 2. The molecule has 0 spiro atoms. The number of rotatable bonds is 17. The number of hydrogen-bond acceptors (Lipinski definition) is 8. The van der Waals surface area contributed by atoms with Gasteiger partial charge in [-0.2, -0.15) is 0 Å². The van der Waals surface area contributed by atoms with Crippen molar-refractivity contribution in [2.24, 2.45) is 0 Å². The van der Waals surface area contributed by atoms with Gasteiger partial charge in [0.05, 0.1) is 11.8 Å². The minimum atomic E-state index is -0.939. The molecule has 0 aromatic carbocycles. The molecule has 0 aliphatic carbocycles. The Labute approximate surface area is 187 Å². The lowest BCUT2D eigenvalue weighted by atomic mass is 10.1. The number of carbonyl (C=O) groups is 4. The van der Waals surface area contributed by atoms with Gasteiger partial charge in [-0.3, -0.25) is 9.59 Å². The SMILES string of the molecule is C[C@@H](OC(=O)CCCCCCCCC(=O)O[C@H](C)C(=O)OCCCl)C(=O)OCCCl. The summed E-state index contributed by atoms with van der Waals surface area (Å²) in [5.41, 5.74) is 0. The van der Waals surface area contributed by atoms with Crippen molar-refractivity contribution < 1.29 is 38.1 Å². The Bertz CT molecular complexity index is 481. The molecule has 8 nitrogen and oxygen atoms in total. The summed E-state index contributed by atoms with van der Waals surface area (Å²) in [6.07, 6.45) is 3.42. The van der Waals surface area contributed by atoms with Crippen LogP contribution in [0.4, 0.5) is 0 Å². The molecule has 0 heterocycles. The molecule has 30 heavy (non-hydrogen) atoms. The Morgan fingerprint density at radius 1 is 0.633 bits per heavy atom. The normalized spacial score (nSPS) is 12.5. The summed E-state index contributed by atoms with van der Waals surface area (Å²) in [6, 6.07) is 0. The first-order valence-corrected chi connectivity index (χ1v) is 11.2. The molecule has 0 saturated carbocycles. The fourth-order valence-corrected chi connectivity index (χ4v) is 2.52. The molecule has 174 valence electrons. The summed E-state index contributed by atoms with van der Waals surface area (Å²) < 4.78 is 19.6. The van der Waals surface area contributed by atoms with Gasteiger partial charge in [-0.15, -0.1) is 23.2 Å². The number of carbonyl (C=O) groups excluding carboxylic acids is 4. The van der Waals surface area contributed by atoms with Crippen LogP contribution in [0.15, 0.2) is 0 Å². The Morgan fingerprint density at radius 3 is 1.30 bits per heavy atom. The molecule has 0 aliphatic rings. The monoisotopic (exact) mass is 470 g/mol. The Kier molecular flexibility index (Phi) is 17.3. The van der Waals surface area contributed by atoms with Crippen molar-refractivity contribution in [2.75, 3.05) is 25.0 Å². The van der Waals surface area contributed by atoms with Gasteiger partial charge in [-0.05, 0) is 26.7 Å². The van der Waals surface area contributed by atoms with Crippen LogP contribution in [0.1, 0.15) is 65.2 Å². The molecule has 0 fully saturated rings. The van der Waals surface area contributed by atoms with E-state index in [0.717, 1.165) is 25.7 Å². The zero-order valence-corrected chi connectivity index (χ0v) is 19.2. The highest BCUT2D eigenvalue weighted by molar-refractivity contribution is 6.18. The van der Waals surface area contributed by atoms with E-state index < -0.39 is 36.1 Å². The lowest BCUT2D eigenvalue weighted by molar-refractivity contribution is -0.166. The van der Waals surface area contributed by atoms with E-state index in [1.165, 1.54) is 13.8 Å². The van der Waals surface area contributed by atoms with Crippen molar-refractivity contribution in [2.45, 2.75) is 77.4 Å². The average Bonchev–Trinajstić information content (AvgIpc) is 2.71. The molecule has 0 amide bonds. The van der Waals surface area contributed by atoms with E-state index in [-0.39, 0.29) is 37.8 Å². The highest BCUT2D eigenvalue weighted by Gasteiger charge is 2.19. The molecular formula is C20H32Cl2O8. The van der Waals surface area contributed by atoms with Crippen molar-refractivity contribution in [1.82, 2.24) is 0 Å². The number of ether oxygens (including phenoxy) is 4. The third-order valence-electron chi connectivity index (χ3n) is 3.94. The topological polar surface area (TPSA) is 105 Å². The summed E-state index contributed by atoms with van der Waals surface area (Å²) in [5, 5.41) is 0. The molecule has 0 aliphatic heterocycles. The first-order valence-electron chi connectivity index (χ1n) is 10.2. The molecule has 0 unspecified atom stereocenters. The van der Waals surface area contributed by atoms with Crippen LogP contribution in [0.25, 0.3) is 0 Å². The predicted octanol–water partition coefficient (Wildman–Crippen LogP) is 3.53. The quantitative estimate of drug-likeness (QED) is 0.137. The molecule has 0 bridgehead atoms. The average molecular weight is 471 g/mol. The lowest BCUT2D eigenvalue weighted by Crippen LogP contribution is -2.26. The van der Waals surface area contributed by atoms with E-state index in [1.54, 1.807) is 0 Å². The highest BCUT2D eigenvalue weighted by atomic mass is 35.5. The predicted molar refractivity (Wildman–Crippen MR) is 111 cm³/mol. The van der Waals surface area contributed by atoms with Gasteiger partial charge in [0.15, 0.2) is 12.2 Å². The van der Waals surface area contributed by atoms with Crippen molar-refractivity contribution in [3.63, 3.8) is 0 Å². The first-order chi connectivity index (χ1) is 14.3. The van der Waals surface area contributed by atoms with Crippen molar-refractivity contribution in [1.29, 1.82) is 0 Å². The van der Waals surface area contributed by atoms with Gasteiger partial charge < -0.3 is 18.9 Å². The van der Waals surface area contributed by atoms with Crippen LogP contribution in [0, 0.1) is 0 Å². The van der Waals surface area contributed by atoms with Gasteiger partial charge in [0.25, 0.3) is 0 Å². The van der Waals surface area contributed by atoms with Gasteiger partial charge in [-0.1, -0.05) is 25.7 Å². The molecule has 10 heteroatoms. The van der Waals surface area contributed by atoms with E-state index in [9.17, 15) is 19.2 Å². The zero-order valence-electron chi connectivity index (χ0n) is 17.7. The van der Waals surface area contributed by atoms with E-state index >= 15 is 0 Å². The van der Waals surface area contributed by atoms with Gasteiger partial charge in [0, 0.05) is 12.8 Å². The third-order valence-corrected chi connectivity index (χ3v) is 4.24. The first kappa shape index (κ1) is 28.5. The Hall–Kier alpha value is -1.54. The summed E-state index contributed by atoms with van der Waals surface area (Å²) in [7, 11) is 0. The van der Waals surface area contributed by atoms with Crippen LogP contribution in [0.5, 0.6) is 0 Å². The Balaban J connectivity index is 3.67. The fourth-order valence-electron chi connectivity index (χ4n) is 2.37. The summed E-state index contributed by atoms with van der Waals surface area (Å²) >= 11 is 10.8. The van der Waals surface area contributed by atoms with Crippen LogP contribution < -0.4 is 0 Å². The van der Waals surface area contributed by atoms with Crippen LogP contribution >= 0.6 is 23.2 Å². The van der Waals surface area contributed by atoms with Crippen molar-refractivity contribution >= 4 is 47.1 Å². The smallest absolute Gasteiger partial charge is 0.347 e. The summed E-state index contributed by atoms with van der Waals surface area (Å²) in [5.74, 6) is -1.71. The second-order valence-electron chi connectivity index (χ2n) is 6.60. The maximum atomic E-state index is 11.7. The third kappa shape index (κ3) is 15.3. The van der Waals surface area contributed by atoms with Crippen molar-refractivity contribution in [3.05, 3.63) is 0 Å². The zero-order chi connectivity index (χ0) is 22.8. The molecule has 0 aromatic heterocycles.